The van der Waals surface area contributed by atoms with Crippen LogP contribution in [-0.2, 0) is 4.79 Å². The van der Waals surface area contributed by atoms with Crippen molar-refractivity contribution in [3.63, 3.8) is 0 Å². The molecular formula is C16H14F3NO2S. The van der Waals surface area contributed by atoms with Crippen molar-refractivity contribution < 1.29 is 23.1 Å². The zero-order chi connectivity index (χ0) is 16.9. The van der Waals surface area contributed by atoms with Gasteiger partial charge in [0, 0.05) is 12.6 Å². The van der Waals surface area contributed by atoms with Crippen LogP contribution in [0.25, 0.3) is 5.57 Å². The number of rotatable bonds is 5. The molecule has 1 aromatic carbocycles. The Balaban J connectivity index is 2.08. The van der Waals surface area contributed by atoms with Crippen LogP contribution in [0.3, 0.4) is 0 Å². The maximum atomic E-state index is 13.1. The number of alkyl halides is 3. The van der Waals surface area contributed by atoms with Crippen molar-refractivity contribution in [1.29, 1.82) is 0 Å². The molecule has 0 saturated heterocycles. The lowest BCUT2D eigenvalue weighted by molar-refractivity contribution is -0.117. The SMILES string of the molecule is O=C(C=C(c1ccccc1)C(F)(F)F)NCC(O)c1ccsc1. The molecule has 1 amide bonds. The minimum absolute atomic E-state index is 0.0893. The number of aliphatic hydroxyl groups is 1. The highest BCUT2D eigenvalue weighted by molar-refractivity contribution is 7.07. The second-order valence-corrected chi connectivity index (χ2v) is 5.52. The quantitative estimate of drug-likeness (QED) is 0.817. The summed E-state index contributed by atoms with van der Waals surface area (Å²) in [6, 6.07) is 8.77. The molecule has 1 heterocycles. The van der Waals surface area contributed by atoms with Gasteiger partial charge in [0.15, 0.2) is 0 Å². The summed E-state index contributed by atoms with van der Waals surface area (Å²) in [5, 5.41) is 15.6. The first-order valence-electron chi connectivity index (χ1n) is 6.70. The van der Waals surface area contributed by atoms with E-state index in [2.05, 4.69) is 5.32 Å². The van der Waals surface area contributed by atoms with E-state index in [9.17, 15) is 23.1 Å². The lowest BCUT2D eigenvalue weighted by atomic mass is 10.1. The molecule has 2 rings (SSSR count). The number of halogens is 3. The van der Waals surface area contributed by atoms with Crippen LogP contribution in [0, 0.1) is 0 Å². The van der Waals surface area contributed by atoms with E-state index in [0.717, 1.165) is 0 Å². The number of amides is 1. The number of hydrogen-bond acceptors (Lipinski definition) is 3. The zero-order valence-electron chi connectivity index (χ0n) is 11.9. The summed E-state index contributed by atoms with van der Waals surface area (Å²) in [5.74, 6) is -0.907. The van der Waals surface area contributed by atoms with E-state index in [-0.39, 0.29) is 12.1 Å². The molecule has 0 aliphatic rings. The number of allylic oxidation sites excluding steroid dienone is 1. The zero-order valence-corrected chi connectivity index (χ0v) is 12.7. The number of benzene rings is 1. The van der Waals surface area contributed by atoms with Crippen molar-refractivity contribution in [2.75, 3.05) is 6.54 Å². The van der Waals surface area contributed by atoms with Crippen molar-refractivity contribution in [2.24, 2.45) is 0 Å². The number of carbonyl (C=O) groups is 1. The van der Waals surface area contributed by atoms with Gasteiger partial charge in [0.25, 0.3) is 0 Å². The summed E-state index contributed by atoms with van der Waals surface area (Å²) in [4.78, 5) is 11.8. The number of carbonyl (C=O) groups excluding carboxylic acids is 1. The molecule has 0 radical (unpaired) electrons. The van der Waals surface area contributed by atoms with Crippen molar-refractivity contribution in [2.45, 2.75) is 12.3 Å². The van der Waals surface area contributed by atoms with Gasteiger partial charge in [0.05, 0.1) is 11.7 Å². The molecule has 0 saturated carbocycles. The molecule has 1 aromatic heterocycles. The molecule has 2 aromatic rings. The summed E-state index contributed by atoms with van der Waals surface area (Å²) < 4.78 is 39.3. The van der Waals surface area contributed by atoms with Gasteiger partial charge in [-0.3, -0.25) is 4.79 Å². The largest absolute Gasteiger partial charge is 0.417 e. The van der Waals surface area contributed by atoms with E-state index in [1.807, 2.05) is 0 Å². The standard InChI is InChI=1S/C16H14F3NO2S/c17-16(18,19)13(11-4-2-1-3-5-11)8-15(22)20-9-14(21)12-6-7-23-10-12/h1-8,10,14,21H,9H2,(H,20,22). The summed E-state index contributed by atoms with van der Waals surface area (Å²) in [7, 11) is 0. The first kappa shape index (κ1) is 17.2. The maximum absolute atomic E-state index is 13.1. The fourth-order valence-electron chi connectivity index (χ4n) is 1.91. The first-order valence-corrected chi connectivity index (χ1v) is 7.64. The summed E-state index contributed by atoms with van der Waals surface area (Å²) >= 11 is 1.38. The molecule has 0 fully saturated rings. The average molecular weight is 341 g/mol. The number of hydrogen-bond donors (Lipinski definition) is 2. The molecule has 3 nitrogen and oxygen atoms in total. The second-order valence-electron chi connectivity index (χ2n) is 4.74. The molecule has 1 atom stereocenters. The molecule has 1 unspecified atom stereocenters. The van der Waals surface area contributed by atoms with Gasteiger partial charge < -0.3 is 10.4 Å². The highest BCUT2D eigenvalue weighted by Crippen LogP contribution is 2.33. The predicted octanol–water partition coefficient (Wildman–Crippen LogP) is 3.54. The van der Waals surface area contributed by atoms with Crippen molar-refractivity contribution in [1.82, 2.24) is 5.32 Å². The molecule has 2 N–H and O–H groups in total. The number of aliphatic hydroxyl groups excluding tert-OH is 1. The number of thiophene rings is 1. The fraction of sp³-hybridized carbons (Fsp3) is 0.188. The molecule has 0 spiro atoms. The van der Waals surface area contributed by atoms with Crippen LogP contribution in [0.2, 0.25) is 0 Å². The number of nitrogens with one attached hydrogen (secondary N) is 1. The Morgan fingerprint density at radius 1 is 1.26 bits per heavy atom. The third-order valence-electron chi connectivity index (χ3n) is 3.06. The Morgan fingerprint density at radius 2 is 1.96 bits per heavy atom. The highest BCUT2D eigenvalue weighted by Gasteiger charge is 2.35. The third kappa shape index (κ3) is 4.94. The minimum atomic E-state index is -4.65. The van der Waals surface area contributed by atoms with Gasteiger partial charge in [-0.25, -0.2) is 0 Å². The van der Waals surface area contributed by atoms with E-state index < -0.39 is 23.8 Å². The molecule has 0 aliphatic heterocycles. The maximum Gasteiger partial charge on any atom is 0.417 e. The van der Waals surface area contributed by atoms with Crippen LogP contribution in [0.15, 0.2) is 53.2 Å². The van der Waals surface area contributed by atoms with E-state index in [1.165, 1.54) is 35.6 Å². The van der Waals surface area contributed by atoms with Gasteiger partial charge in [0.2, 0.25) is 5.91 Å². The Morgan fingerprint density at radius 3 is 2.52 bits per heavy atom. The molecule has 0 bridgehead atoms. The Kier molecular flexibility index (Phi) is 5.57. The van der Waals surface area contributed by atoms with Crippen molar-refractivity contribution in [3.05, 3.63) is 64.4 Å². The minimum Gasteiger partial charge on any atom is -0.387 e. The molecular weight excluding hydrogens is 327 g/mol. The Labute approximate surface area is 135 Å². The van der Waals surface area contributed by atoms with E-state index in [1.54, 1.807) is 22.9 Å². The van der Waals surface area contributed by atoms with Crippen molar-refractivity contribution >= 4 is 22.8 Å². The smallest absolute Gasteiger partial charge is 0.387 e. The molecule has 0 aliphatic carbocycles. The summed E-state index contributed by atoms with van der Waals surface area (Å²) in [6.07, 6.45) is -5.09. The van der Waals surface area contributed by atoms with E-state index in [0.29, 0.717) is 11.6 Å². The van der Waals surface area contributed by atoms with Gasteiger partial charge in [0.1, 0.15) is 0 Å². The van der Waals surface area contributed by atoms with Crippen LogP contribution < -0.4 is 5.32 Å². The topological polar surface area (TPSA) is 49.3 Å². The second kappa shape index (κ2) is 7.43. The average Bonchev–Trinajstić information content (AvgIpc) is 3.04. The lowest BCUT2D eigenvalue weighted by Crippen LogP contribution is -2.27. The van der Waals surface area contributed by atoms with Crippen LogP contribution in [-0.4, -0.2) is 23.7 Å². The van der Waals surface area contributed by atoms with Crippen LogP contribution in [0.4, 0.5) is 13.2 Å². The Bertz CT molecular complexity index is 666. The Hall–Kier alpha value is -2.12. The predicted molar refractivity (Wildman–Crippen MR) is 82.8 cm³/mol. The van der Waals surface area contributed by atoms with Crippen LogP contribution in [0.5, 0.6) is 0 Å². The van der Waals surface area contributed by atoms with Gasteiger partial charge in [-0.1, -0.05) is 30.3 Å². The van der Waals surface area contributed by atoms with Crippen LogP contribution >= 0.6 is 11.3 Å². The van der Waals surface area contributed by atoms with Gasteiger partial charge >= 0.3 is 6.18 Å². The molecule has 23 heavy (non-hydrogen) atoms. The van der Waals surface area contributed by atoms with Gasteiger partial charge in [-0.2, -0.15) is 24.5 Å². The van der Waals surface area contributed by atoms with E-state index >= 15 is 0 Å². The third-order valence-corrected chi connectivity index (χ3v) is 3.76. The van der Waals surface area contributed by atoms with E-state index in [4.69, 9.17) is 0 Å². The molecule has 122 valence electrons. The van der Waals surface area contributed by atoms with Crippen molar-refractivity contribution in [3.8, 4) is 0 Å². The van der Waals surface area contributed by atoms with Gasteiger partial charge in [-0.15, -0.1) is 0 Å². The summed E-state index contributed by atoms with van der Waals surface area (Å²) in [5.41, 5.74) is -0.507. The summed E-state index contributed by atoms with van der Waals surface area (Å²) in [6.45, 7) is -0.161. The highest BCUT2D eigenvalue weighted by atomic mass is 32.1. The van der Waals surface area contributed by atoms with Gasteiger partial charge in [-0.05, 0) is 28.0 Å². The normalized spacial score (nSPS) is 13.7. The lowest BCUT2D eigenvalue weighted by Gasteiger charge is -2.13. The molecule has 7 heteroatoms. The van der Waals surface area contributed by atoms with Crippen LogP contribution in [0.1, 0.15) is 17.2 Å². The first-order chi connectivity index (χ1) is 10.9. The monoisotopic (exact) mass is 341 g/mol. The fourth-order valence-corrected chi connectivity index (χ4v) is 2.62.